The molecule has 0 spiro atoms. The van der Waals surface area contributed by atoms with E-state index in [9.17, 15) is 13.2 Å². The number of anilines is 1. The van der Waals surface area contributed by atoms with Crippen LogP contribution in [0.4, 0.5) is 5.69 Å². The number of amides is 1. The molecular weight excluding hydrogens is 423 g/mol. The van der Waals surface area contributed by atoms with Gasteiger partial charge in [-0.3, -0.25) is 9.10 Å². The molecule has 2 rings (SSSR count). The van der Waals surface area contributed by atoms with E-state index in [-0.39, 0.29) is 28.3 Å². The highest BCUT2D eigenvalue weighted by molar-refractivity contribution is 7.92. The molecule has 2 aromatic carbocycles. The van der Waals surface area contributed by atoms with Crippen molar-refractivity contribution in [2.45, 2.75) is 19.4 Å². The lowest BCUT2D eigenvalue weighted by molar-refractivity contribution is -0.120. The molecule has 0 saturated carbocycles. The molecular formula is C19H22Cl2N2O4S. The molecule has 0 fully saturated rings. The Labute approximate surface area is 175 Å². The molecule has 1 unspecified atom stereocenters. The van der Waals surface area contributed by atoms with Gasteiger partial charge in [0.05, 0.1) is 25.1 Å². The number of nitrogens with one attached hydrogen (secondary N) is 1. The first-order valence-corrected chi connectivity index (χ1v) is 11.1. The van der Waals surface area contributed by atoms with Crippen LogP contribution in [-0.4, -0.2) is 34.2 Å². The number of carbonyl (C=O) groups excluding carboxylic acids is 1. The van der Waals surface area contributed by atoms with Crippen LogP contribution >= 0.6 is 23.2 Å². The van der Waals surface area contributed by atoms with Crippen molar-refractivity contribution in [2.75, 3.05) is 24.2 Å². The lowest BCUT2D eigenvalue weighted by atomic mass is 10.0. The fourth-order valence-electron chi connectivity index (χ4n) is 2.71. The summed E-state index contributed by atoms with van der Waals surface area (Å²) in [5.74, 6) is 0.273. The highest BCUT2D eigenvalue weighted by Crippen LogP contribution is 2.27. The Morgan fingerprint density at radius 3 is 2.18 bits per heavy atom. The van der Waals surface area contributed by atoms with Crippen molar-refractivity contribution in [3.8, 4) is 5.75 Å². The summed E-state index contributed by atoms with van der Waals surface area (Å²) in [6.07, 6.45) is 1.66. The summed E-state index contributed by atoms with van der Waals surface area (Å²) in [4.78, 5) is 12.6. The molecule has 9 heteroatoms. The zero-order valence-corrected chi connectivity index (χ0v) is 18.1. The molecule has 6 nitrogen and oxygen atoms in total. The van der Waals surface area contributed by atoms with Gasteiger partial charge in [0.25, 0.3) is 0 Å². The largest absolute Gasteiger partial charge is 0.497 e. The minimum atomic E-state index is -3.72. The number of carbonyl (C=O) groups is 1. The smallest absolute Gasteiger partial charge is 0.241 e. The topological polar surface area (TPSA) is 75.7 Å². The van der Waals surface area contributed by atoms with E-state index < -0.39 is 15.9 Å². The number of methoxy groups -OCH3 is 1. The fraction of sp³-hybridized carbons (Fsp3) is 0.316. The summed E-state index contributed by atoms with van der Waals surface area (Å²) < 4.78 is 30.6. The zero-order chi connectivity index (χ0) is 20.9. The normalized spacial score (nSPS) is 12.3. The van der Waals surface area contributed by atoms with Gasteiger partial charge in [-0.1, -0.05) is 42.3 Å². The molecule has 0 aliphatic rings. The maximum absolute atomic E-state index is 12.6. The lowest BCUT2D eigenvalue weighted by Gasteiger charge is -2.24. The van der Waals surface area contributed by atoms with Gasteiger partial charge < -0.3 is 10.1 Å². The second-order valence-electron chi connectivity index (χ2n) is 6.20. The number of sulfonamides is 1. The molecule has 0 aliphatic heterocycles. The van der Waals surface area contributed by atoms with Crippen molar-refractivity contribution in [3.05, 3.63) is 58.1 Å². The Bertz CT molecular complexity index is 913. The summed E-state index contributed by atoms with van der Waals surface area (Å²) in [5, 5.41) is 3.43. The predicted octanol–water partition coefficient (Wildman–Crippen LogP) is 4.04. The van der Waals surface area contributed by atoms with Gasteiger partial charge in [-0.25, -0.2) is 8.42 Å². The second kappa shape index (κ2) is 9.49. The Kier molecular flexibility index (Phi) is 7.57. The Balaban J connectivity index is 2.20. The molecule has 152 valence electrons. The zero-order valence-electron chi connectivity index (χ0n) is 15.8. The minimum absolute atomic E-state index is 0.229. The number of halogens is 2. The van der Waals surface area contributed by atoms with Gasteiger partial charge >= 0.3 is 0 Å². The van der Waals surface area contributed by atoms with E-state index in [1.807, 2.05) is 19.1 Å². The van der Waals surface area contributed by atoms with E-state index in [2.05, 4.69) is 5.32 Å². The van der Waals surface area contributed by atoms with Gasteiger partial charge in [0.15, 0.2) is 0 Å². The summed E-state index contributed by atoms with van der Waals surface area (Å²) in [5.41, 5.74) is 1.13. The summed E-state index contributed by atoms with van der Waals surface area (Å²) in [6, 6.07) is 11.5. The third-order valence-corrected chi connectivity index (χ3v) is 5.66. The molecule has 0 saturated heterocycles. The average Bonchev–Trinajstić information content (AvgIpc) is 2.62. The van der Waals surface area contributed by atoms with E-state index in [0.29, 0.717) is 12.2 Å². The van der Waals surface area contributed by atoms with Crippen LogP contribution in [0.15, 0.2) is 42.5 Å². The highest BCUT2D eigenvalue weighted by Gasteiger charge is 2.23. The van der Waals surface area contributed by atoms with Crippen LogP contribution in [0, 0.1) is 0 Å². The summed E-state index contributed by atoms with van der Waals surface area (Å²) in [7, 11) is -2.14. The number of hydrogen-bond donors (Lipinski definition) is 1. The van der Waals surface area contributed by atoms with E-state index >= 15 is 0 Å². The number of hydrogen-bond acceptors (Lipinski definition) is 4. The first kappa shape index (κ1) is 22.3. The number of ether oxygens (including phenoxy) is 1. The van der Waals surface area contributed by atoms with Crippen molar-refractivity contribution in [3.63, 3.8) is 0 Å². The third-order valence-electron chi connectivity index (χ3n) is 4.08. The van der Waals surface area contributed by atoms with Crippen LogP contribution in [0.5, 0.6) is 5.75 Å². The van der Waals surface area contributed by atoms with Crippen LogP contribution in [0.2, 0.25) is 10.0 Å². The monoisotopic (exact) mass is 444 g/mol. The fourth-order valence-corrected chi connectivity index (χ4v) is 4.07. The van der Waals surface area contributed by atoms with Gasteiger partial charge in [-0.05, 0) is 42.3 Å². The Morgan fingerprint density at radius 2 is 1.71 bits per heavy atom. The standard InChI is InChI=1S/C19H22Cl2N2O4S/c1-4-18(13-5-7-17(27-2)8-6-13)22-19(24)12-23(28(3,25)26)16-10-14(20)9-15(21)11-16/h5-11,18H,4,12H2,1-3H3,(H,22,24). The predicted molar refractivity (Wildman–Crippen MR) is 113 cm³/mol. The number of benzene rings is 2. The lowest BCUT2D eigenvalue weighted by Crippen LogP contribution is -2.41. The molecule has 0 aromatic heterocycles. The first-order valence-electron chi connectivity index (χ1n) is 8.51. The van der Waals surface area contributed by atoms with Crippen LogP contribution in [0.1, 0.15) is 24.9 Å². The van der Waals surface area contributed by atoms with Crippen LogP contribution in [0.25, 0.3) is 0 Å². The molecule has 0 radical (unpaired) electrons. The van der Waals surface area contributed by atoms with Gasteiger partial charge in [0.1, 0.15) is 12.3 Å². The van der Waals surface area contributed by atoms with Crippen LogP contribution in [0.3, 0.4) is 0 Å². The molecule has 0 heterocycles. The Hall–Kier alpha value is -1.96. The molecule has 2 aromatic rings. The molecule has 28 heavy (non-hydrogen) atoms. The van der Waals surface area contributed by atoms with Crippen molar-refractivity contribution >= 4 is 44.8 Å². The van der Waals surface area contributed by atoms with Gasteiger partial charge in [-0.15, -0.1) is 0 Å². The van der Waals surface area contributed by atoms with Gasteiger partial charge in [0.2, 0.25) is 15.9 Å². The highest BCUT2D eigenvalue weighted by atomic mass is 35.5. The van der Waals surface area contributed by atoms with E-state index in [1.165, 1.54) is 18.2 Å². The van der Waals surface area contributed by atoms with Crippen LogP contribution in [-0.2, 0) is 14.8 Å². The molecule has 1 N–H and O–H groups in total. The quantitative estimate of drug-likeness (QED) is 0.666. The third kappa shape index (κ3) is 6.02. The Morgan fingerprint density at radius 1 is 1.14 bits per heavy atom. The van der Waals surface area contributed by atoms with Crippen molar-refractivity contribution in [1.29, 1.82) is 0 Å². The van der Waals surface area contributed by atoms with Crippen molar-refractivity contribution in [1.82, 2.24) is 5.32 Å². The van der Waals surface area contributed by atoms with Crippen molar-refractivity contribution < 1.29 is 17.9 Å². The number of rotatable bonds is 8. The van der Waals surface area contributed by atoms with Gasteiger partial charge in [0, 0.05) is 10.0 Å². The van der Waals surface area contributed by atoms with E-state index in [0.717, 1.165) is 16.1 Å². The summed E-state index contributed by atoms with van der Waals surface area (Å²) in [6.45, 7) is 1.54. The second-order valence-corrected chi connectivity index (χ2v) is 8.98. The maximum Gasteiger partial charge on any atom is 0.241 e. The molecule has 1 amide bonds. The SMILES string of the molecule is CCC(NC(=O)CN(c1cc(Cl)cc(Cl)c1)S(C)(=O)=O)c1ccc(OC)cc1. The maximum atomic E-state index is 12.6. The van der Waals surface area contributed by atoms with Crippen LogP contribution < -0.4 is 14.4 Å². The molecule has 0 aliphatic carbocycles. The number of nitrogens with zero attached hydrogens (tertiary/aromatic N) is 1. The summed E-state index contributed by atoms with van der Waals surface area (Å²) >= 11 is 12.0. The molecule has 0 bridgehead atoms. The first-order chi connectivity index (χ1) is 13.1. The van der Waals surface area contributed by atoms with Gasteiger partial charge in [-0.2, -0.15) is 0 Å². The minimum Gasteiger partial charge on any atom is -0.497 e. The molecule has 1 atom stereocenters. The van der Waals surface area contributed by atoms with Crippen molar-refractivity contribution in [2.24, 2.45) is 0 Å². The van der Waals surface area contributed by atoms with E-state index in [4.69, 9.17) is 27.9 Å². The van der Waals surface area contributed by atoms with E-state index in [1.54, 1.807) is 19.2 Å². The average molecular weight is 445 g/mol.